The van der Waals surface area contributed by atoms with Crippen molar-refractivity contribution in [2.24, 2.45) is 0 Å². The lowest BCUT2D eigenvalue weighted by atomic mass is 10.3. The van der Waals surface area contributed by atoms with Crippen LogP contribution in [0, 0.1) is 0 Å². The number of pyridine rings is 1. The SMILES string of the molecule is COCC(C)NS(=O)(=O)c1ccc(NC(=O)c2nc(Cl)c(Cl)c(Cl)c2Cl)cc1. The predicted octanol–water partition coefficient (Wildman–Crippen LogP) is 4.26. The lowest BCUT2D eigenvalue weighted by Gasteiger charge is -2.13. The van der Waals surface area contributed by atoms with Crippen LogP contribution < -0.4 is 10.0 Å². The summed E-state index contributed by atoms with van der Waals surface area (Å²) in [6.45, 7) is 1.90. The second-order valence-electron chi connectivity index (χ2n) is 5.65. The van der Waals surface area contributed by atoms with E-state index in [-0.39, 0.29) is 37.4 Å². The average Bonchev–Trinajstić information content (AvgIpc) is 2.63. The van der Waals surface area contributed by atoms with E-state index in [0.717, 1.165) is 0 Å². The van der Waals surface area contributed by atoms with E-state index >= 15 is 0 Å². The number of aromatic nitrogens is 1. The molecule has 1 unspecified atom stereocenters. The van der Waals surface area contributed by atoms with E-state index in [1.165, 1.54) is 31.4 Å². The highest BCUT2D eigenvalue weighted by Gasteiger charge is 2.21. The Labute approximate surface area is 182 Å². The highest BCUT2D eigenvalue weighted by Crippen LogP contribution is 2.36. The lowest BCUT2D eigenvalue weighted by Crippen LogP contribution is -2.35. The fourth-order valence-corrected chi connectivity index (χ4v) is 4.20. The van der Waals surface area contributed by atoms with Crippen LogP contribution in [0.5, 0.6) is 0 Å². The Bertz CT molecular complexity index is 984. The Morgan fingerprint density at radius 2 is 1.71 bits per heavy atom. The summed E-state index contributed by atoms with van der Waals surface area (Å²) >= 11 is 23.6. The normalized spacial score (nSPS) is 12.6. The Morgan fingerprint density at radius 3 is 2.29 bits per heavy atom. The molecule has 7 nitrogen and oxygen atoms in total. The number of hydrogen-bond donors (Lipinski definition) is 2. The number of carbonyl (C=O) groups is 1. The number of nitrogens with zero attached hydrogens (tertiary/aromatic N) is 1. The van der Waals surface area contributed by atoms with Gasteiger partial charge in [-0.1, -0.05) is 46.4 Å². The minimum atomic E-state index is -3.73. The number of methoxy groups -OCH3 is 1. The summed E-state index contributed by atoms with van der Waals surface area (Å²) in [5.74, 6) is -0.687. The number of benzene rings is 1. The largest absolute Gasteiger partial charge is 0.383 e. The van der Waals surface area contributed by atoms with Crippen LogP contribution in [-0.2, 0) is 14.8 Å². The maximum Gasteiger partial charge on any atom is 0.275 e. The molecule has 1 aromatic carbocycles. The van der Waals surface area contributed by atoms with Crippen molar-refractivity contribution < 1.29 is 17.9 Å². The monoisotopic (exact) mass is 485 g/mol. The van der Waals surface area contributed by atoms with Gasteiger partial charge in [0.05, 0.1) is 26.6 Å². The van der Waals surface area contributed by atoms with Crippen LogP contribution in [-0.4, -0.2) is 39.1 Å². The molecule has 1 atom stereocenters. The van der Waals surface area contributed by atoms with Crippen LogP contribution in [0.3, 0.4) is 0 Å². The minimum Gasteiger partial charge on any atom is -0.383 e. The summed E-state index contributed by atoms with van der Waals surface area (Å²) < 4.78 is 32.0. The lowest BCUT2D eigenvalue weighted by molar-refractivity contribution is 0.102. The zero-order chi connectivity index (χ0) is 21.1. The zero-order valence-corrected chi connectivity index (χ0v) is 18.4. The Kier molecular flexibility index (Phi) is 7.92. The molecule has 0 bridgehead atoms. The first-order chi connectivity index (χ1) is 13.1. The Balaban J connectivity index is 2.18. The highest BCUT2D eigenvalue weighted by molar-refractivity contribution is 7.89. The molecule has 0 saturated heterocycles. The minimum absolute atomic E-state index is 0.0298. The summed E-state index contributed by atoms with van der Waals surface area (Å²) in [7, 11) is -2.25. The van der Waals surface area contributed by atoms with E-state index in [1.54, 1.807) is 6.92 Å². The van der Waals surface area contributed by atoms with Gasteiger partial charge >= 0.3 is 0 Å². The predicted molar refractivity (Wildman–Crippen MR) is 110 cm³/mol. The van der Waals surface area contributed by atoms with E-state index in [4.69, 9.17) is 51.1 Å². The van der Waals surface area contributed by atoms with Crippen LogP contribution in [0.15, 0.2) is 29.2 Å². The van der Waals surface area contributed by atoms with E-state index in [2.05, 4.69) is 15.0 Å². The summed E-state index contributed by atoms with van der Waals surface area (Å²) in [5, 5.41) is 2.06. The van der Waals surface area contributed by atoms with Crippen LogP contribution >= 0.6 is 46.4 Å². The van der Waals surface area contributed by atoms with Crippen molar-refractivity contribution >= 4 is 68.0 Å². The van der Waals surface area contributed by atoms with E-state index < -0.39 is 22.0 Å². The van der Waals surface area contributed by atoms with Crippen LogP contribution in [0.4, 0.5) is 5.69 Å². The van der Waals surface area contributed by atoms with Crippen molar-refractivity contribution in [1.82, 2.24) is 9.71 Å². The summed E-state index contributed by atoms with van der Waals surface area (Å²) in [6, 6.07) is 5.12. The summed E-state index contributed by atoms with van der Waals surface area (Å²) in [5.41, 5.74) is 0.0989. The maximum absolute atomic E-state index is 12.4. The van der Waals surface area contributed by atoms with Gasteiger partial charge in [0.15, 0.2) is 0 Å². The zero-order valence-electron chi connectivity index (χ0n) is 14.6. The molecule has 0 saturated carbocycles. The number of carbonyl (C=O) groups excluding carboxylic acids is 1. The average molecular weight is 487 g/mol. The second-order valence-corrected chi connectivity index (χ2v) is 8.86. The van der Waals surface area contributed by atoms with Crippen molar-refractivity contribution in [3.8, 4) is 0 Å². The number of anilines is 1. The molecule has 0 aliphatic heterocycles. The van der Waals surface area contributed by atoms with Crippen molar-refractivity contribution in [3.63, 3.8) is 0 Å². The third-order valence-corrected chi connectivity index (χ3v) is 6.68. The molecule has 2 rings (SSSR count). The van der Waals surface area contributed by atoms with Crippen LogP contribution in [0.2, 0.25) is 20.2 Å². The Morgan fingerprint density at radius 1 is 1.11 bits per heavy atom. The molecule has 28 heavy (non-hydrogen) atoms. The fourth-order valence-electron chi connectivity index (χ4n) is 2.16. The van der Waals surface area contributed by atoms with Gasteiger partial charge < -0.3 is 10.1 Å². The van der Waals surface area contributed by atoms with Crippen molar-refractivity contribution in [3.05, 3.63) is 50.2 Å². The number of ether oxygens (including phenoxy) is 1. The topological polar surface area (TPSA) is 97.4 Å². The molecular weight excluding hydrogens is 472 g/mol. The number of hydrogen-bond acceptors (Lipinski definition) is 5. The van der Waals surface area contributed by atoms with Gasteiger partial charge in [0.25, 0.3) is 5.91 Å². The Hall–Kier alpha value is -1.13. The first kappa shape index (κ1) is 23.2. The number of amides is 1. The molecule has 152 valence electrons. The molecule has 0 radical (unpaired) electrons. The molecule has 2 aromatic rings. The van der Waals surface area contributed by atoms with Gasteiger partial charge in [0, 0.05) is 18.8 Å². The van der Waals surface area contributed by atoms with Gasteiger partial charge in [0.2, 0.25) is 10.0 Å². The van der Waals surface area contributed by atoms with Gasteiger partial charge in [-0.15, -0.1) is 0 Å². The standard InChI is InChI=1S/C16H15Cl4N3O4S/c1-8(7-27-2)23-28(25,26)10-5-3-9(4-6-10)21-16(24)14-12(18)11(17)13(19)15(20)22-14/h3-6,8,23H,7H2,1-2H3,(H,21,24). The van der Waals surface area contributed by atoms with E-state index in [9.17, 15) is 13.2 Å². The van der Waals surface area contributed by atoms with Crippen LogP contribution in [0.1, 0.15) is 17.4 Å². The number of sulfonamides is 1. The molecular formula is C16H15Cl4N3O4S. The van der Waals surface area contributed by atoms with Gasteiger partial charge in [-0.05, 0) is 31.2 Å². The first-order valence-electron chi connectivity index (χ1n) is 7.69. The molecule has 1 heterocycles. The molecule has 0 fully saturated rings. The highest BCUT2D eigenvalue weighted by atomic mass is 35.5. The number of rotatable bonds is 7. The van der Waals surface area contributed by atoms with Crippen molar-refractivity contribution in [2.45, 2.75) is 17.9 Å². The van der Waals surface area contributed by atoms with Gasteiger partial charge in [0.1, 0.15) is 10.8 Å². The van der Waals surface area contributed by atoms with Gasteiger partial charge in [-0.2, -0.15) is 0 Å². The van der Waals surface area contributed by atoms with E-state index in [0.29, 0.717) is 5.69 Å². The molecule has 1 aromatic heterocycles. The molecule has 0 aliphatic carbocycles. The molecule has 12 heteroatoms. The maximum atomic E-state index is 12.4. The molecule has 1 amide bonds. The molecule has 0 aliphatic rings. The smallest absolute Gasteiger partial charge is 0.275 e. The third kappa shape index (κ3) is 5.48. The summed E-state index contributed by atoms with van der Waals surface area (Å²) in [4.78, 5) is 16.2. The quantitative estimate of drug-likeness (QED) is 0.569. The van der Waals surface area contributed by atoms with E-state index in [1.807, 2.05) is 0 Å². The molecule has 2 N–H and O–H groups in total. The third-order valence-electron chi connectivity index (χ3n) is 3.39. The summed E-state index contributed by atoms with van der Waals surface area (Å²) in [6.07, 6.45) is 0. The fraction of sp³-hybridized carbons (Fsp3) is 0.250. The first-order valence-corrected chi connectivity index (χ1v) is 10.7. The van der Waals surface area contributed by atoms with Crippen LogP contribution in [0.25, 0.3) is 0 Å². The number of halogens is 4. The second kappa shape index (κ2) is 9.58. The number of nitrogens with one attached hydrogen (secondary N) is 2. The van der Waals surface area contributed by atoms with Gasteiger partial charge in [-0.3, -0.25) is 4.79 Å². The van der Waals surface area contributed by atoms with Crippen molar-refractivity contribution in [1.29, 1.82) is 0 Å². The van der Waals surface area contributed by atoms with Gasteiger partial charge in [-0.25, -0.2) is 18.1 Å². The van der Waals surface area contributed by atoms with Crippen molar-refractivity contribution in [2.75, 3.05) is 19.0 Å². The molecule has 0 spiro atoms.